The molecule has 0 aliphatic carbocycles. The highest BCUT2D eigenvalue weighted by Crippen LogP contribution is 1.92. The predicted octanol–water partition coefficient (Wildman–Crippen LogP) is 1.54. The Morgan fingerprint density at radius 1 is 1.06 bits per heavy atom. The quantitative estimate of drug-likeness (QED) is 0.675. The van der Waals surface area contributed by atoms with Crippen molar-refractivity contribution < 1.29 is 23.8 Å². The minimum Gasteiger partial charge on any atom is -0.462 e. The van der Waals surface area contributed by atoms with Gasteiger partial charge in [-0.3, -0.25) is 9.59 Å². The van der Waals surface area contributed by atoms with E-state index in [1.54, 1.807) is 6.92 Å². The van der Waals surface area contributed by atoms with E-state index in [9.17, 15) is 9.59 Å². The highest BCUT2D eigenvalue weighted by molar-refractivity contribution is 5.67. The molecule has 0 aromatic carbocycles. The zero-order valence-corrected chi connectivity index (χ0v) is 10.7. The van der Waals surface area contributed by atoms with E-state index in [0.717, 1.165) is 13.2 Å². The molecule has 0 radical (unpaired) electrons. The van der Waals surface area contributed by atoms with Crippen LogP contribution >= 0.6 is 0 Å². The summed E-state index contributed by atoms with van der Waals surface area (Å²) in [5.74, 6) is -0.742. The van der Waals surface area contributed by atoms with E-state index >= 15 is 0 Å². The molecule has 0 heterocycles. The molecule has 0 spiro atoms. The summed E-state index contributed by atoms with van der Waals surface area (Å²) in [6.45, 7) is 10.1. The number of carbonyl (C=O) groups excluding carboxylic acids is 2. The summed E-state index contributed by atoms with van der Waals surface area (Å²) in [6, 6.07) is 0. The zero-order chi connectivity index (χ0) is 13.0. The Bertz CT molecular complexity index is 189. The van der Waals surface area contributed by atoms with E-state index in [1.807, 2.05) is 13.8 Å². The molecule has 5 heteroatoms. The zero-order valence-electron chi connectivity index (χ0n) is 10.7. The average Bonchev–Trinajstić information content (AvgIpc) is 2.16. The first-order valence-electron chi connectivity index (χ1n) is 5.32. The van der Waals surface area contributed by atoms with Crippen LogP contribution in [0.4, 0.5) is 0 Å². The maximum atomic E-state index is 10.3. The molecular weight excluding hydrogens is 212 g/mol. The van der Waals surface area contributed by atoms with Gasteiger partial charge in [-0.2, -0.15) is 0 Å². The van der Waals surface area contributed by atoms with Crippen molar-refractivity contribution in [2.24, 2.45) is 0 Å². The summed E-state index contributed by atoms with van der Waals surface area (Å²) < 4.78 is 14.1. The Hall–Kier alpha value is -1.10. The summed E-state index contributed by atoms with van der Waals surface area (Å²) >= 11 is 0. The van der Waals surface area contributed by atoms with Crippen LogP contribution in [0.1, 0.15) is 34.6 Å². The number of hydrogen-bond acceptors (Lipinski definition) is 5. The topological polar surface area (TPSA) is 61.8 Å². The number of hydrogen-bond donors (Lipinski definition) is 0. The third kappa shape index (κ3) is 18.6. The molecule has 0 aliphatic rings. The molecule has 1 unspecified atom stereocenters. The summed E-state index contributed by atoms with van der Waals surface area (Å²) in [5.41, 5.74) is 0. The minimum absolute atomic E-state index is 0.120. The Balaban J connectivity index is 0. The summed E-state index contributed by atoms with van der Waals surface area (Å²) in [5, 5.41) is 0. The lowest BCUT2D eigenvalue weighted by atomic mass is 10.4. The molecule has 0 saturated carbocycles. The van der Waals surface area contributed by atoms with Gasteiger partial charge in [-0.1, -0.05) is 0 Å². The van der Waals surface area contributed by atoms with Gasteiger partial charge in [0.1, 0.15) is 12.7 Å². The molecule has 0 N–H and O–H groups in total. The van der Waals surface area contributed by atoms with Gasteiger partial charge in [-0.05, 0) is 20.8 Å². The second-order valence-corrected chi connectivity index (χ2v) is 3.00. The van der Waals surface area contributed by atoms with E-state index in [4.69, 9.17) is 4.74 Å². The number of ether oxygens (including phenoxy) is 3. The first kappa shape index (κ1) is 17.3. The Morgan fingerprint density at radius 2 is 1.56 bits per heavy atom. The Labute approximate surface area is 97.1 Å². The van der Waals surface area contributed by atoms with E-state index in [1.165, 1.54) is 13.8 Å². The van der Waals surface area contributed by atoms with Crippen molar-refractivity contribution in [3.05, 3.63) is 0 Å². The number of rotatable bonds is 5. The van der Waals surface area contributed by atoms with Crippen LogP contribution in [0.2, 0.25) is 0 Å². The van der Waals surface area contributed by atoms with E-state index in [-0.39, 0.29) is 24.6 Å². The monoisotopic (exact) mass is 234 g/mol. The van der Waals surface area contributed by atoms with Crippen molar-refractivity contribution in [3.8, 4) is 0 Å². The second kappa shape index (κ2) is 12.0. The molecule has 0 bridgehead atoms. The summed E-state index contributed by atoms with van der Waals surface area (Å²) in [7, 11) is 0. The van der Waals surface area contributed by atoms with Gasteiger partial charge in [0.15, 0.2) is 0 Å². The van der Waals surface area contributed by atoms with Crippen LogP contribution in [-0.4, -0.2) is 37.9 Å². The van der Waals surface area contributed by atoms with E-state index in [0.29, 0.717) is 0 Å². The fourth-order valence-corrected chi connectivity index (χ4v) is 0.756. The minimum atomic E-state index is -0.371. The van der Waals surface area contributed by atoms with Gasteiger partial charge in [-0.15, -0.1) is 0 Å². The van der Waals surface area contributed by atoms with E-state index < -0.39 is 0 Å². The summed E-state index contributed by atoms with van der Waals surface area (Å²) in [6.07, 6.45) is -0.364. The van der Waals surface area contributed by atoms with Crippen molar-refractivity contribution >= 4 is 11.9 Å². The molecule has 96 valence electrons. The molecule has 16 heavy (non-hydrogen) atoms. The van der Waals surface area contributed by atoms with Gasteiger partial charge >= 0.3 is 11.9 Å². The first-order valence-corrected chi connectivity index (χ1v) is 5.32. The lowest BCUT2D eigenvalue weighted by molar-refractivity contribution is -0.155. The van der Waals surface area contributed by atoms with Gasteiger partial charge in [-0.25, -0.2) is 0 Å². The highest BCUT2D eigenvalue weighted by Gasteiger charge is 2.06. The third-order valence-electron chi connectivity index (χ3n) is 1.30. The second-order valence-electron chi connectivity index (χ2n) is 3.00. The van der Waals surface area contributed by atoms with Crippen LogP contribution < -0.4 is 0 Å². The largest absolute Gasteiger partial charge is 0.462 e. The van der Waals surface area contributed by atoms with Crippen molar-refractivity contribution in [2.45, 2.75) is 40.7 Å². The summed E-state index contributed by atoms with van der Waals surface area (Å²) in [4.78, 5) is 20.6. The van der Waals surface area contributed by atoms with Crippen LogP contribution in [0.3, 0.4) is 0 Å². The molecular formula is C11H22O5. The fraction of sp³-hybridized carbons (Fsp3) is 0.818. The van der Waals surface area contributed by atoms with Crippen LogP contribution in [0.25, 0.3) is 0 Å². The van der Waals surface area contributed by atoms with Crippen molar-refractivity contribution in [1.82, 2.24) is 0 Å². The van der Waals surface area contributed by atoms with Crippen LogP contribution in [0, 0.1) is 0 Å². The first-order chi connectivity index (χ1) is 7.43. The van der Waals surface area contributed by atoms with Gasteiger partial charge in [0.05, 0.1) is 0 Å². The third-order valence-corrected chi connectivity index (χ3v) is 1.30. The molecule has 0 saturated heterocycles. The molecule has 0 aliphatic heterocycles. The van der Waals surface area contributed by atoms with Gasteiger partial charge in [0, 0.05) is 27.1 Å². The maximum Gasteiger partial charge on any atom is 0.303 e. The molecule has 0 fully saturated rings. The molecule has 0 aromatic rings. The lowest BCUT2D eigenvalue weighted by Gasteiger charge is -2.10. The fourth-order valence-electron chi connectivity index (χ4n) is 0.756. The number of esters is 2. The maximum absolute atomic E-state index is 10.3. The Kier molecular flexibility index (Phi) is 12.9. The Morgan fingerprint density at radius 3 is 1.81 bits per heavy atom. The van der Waals surface area contributed by atoms with Gasteiger partial charge in [0.2, 0.25) is 0 Å². The van der Waals surface area contributed by atoms with Crippen molar-refractivity contribution in [2.75, 3.05) is 19.8 Å². The van der Waals surface area contributed by atoms with E-state index in [2.05, 4.69) is 9.47 Å². The van der Waals surface area contributed by atoms with Crippen molar-refractivity contribution in [1.29, 1.82) is 0 Å². The molecule has 0 amide bonds. The molecule has 0 aromatic heterocycles. The average molecular weight is 234 g/mol. The predicted molar refractivity (Wildman–Crippen MR) is 60.0 cm³/mol. The standard InChI is InChI=1S/C7H12O4.C4H10O/c1-5(11-7(3)9)4-10-6(2)8;1-3-5-4-2/h5H,4H2,1-3H3;3-4H2,1-2H3. The molecule has 1 atom stereocenters. The lowest BCUT2D eigenvalue weighted by Crippen LogP contribution is -2.19. The van der Waals surface area contributed by atoms with Crippen LogP contribution in [-0.2, 0) is 23.8 Å². The molecule has 5 nitrogen and oxygen atoms in total. The normalized spacial score (nSPS) is 10.8. The smallest absolute Gasteiger partial charge is 0.303 e. The molecule has 0 rings (SSSR count). The van der Waals surface area contributed by atoms with Crippen molar-refractivity contribution in [3.63, 3.8) is 0 Å². The van der Waals surface area contributed by atoms with Gasteiger partial charge < -0.3 is 14.2 Å². The SMILES string of the molecule is CC(=O)OCC(C)OC(C)=O.CCOCC. The highest BCUT2D eigenvalue weighted by atomic mass is 16.6. The number of carbonyl (C=O) groups is 2. The van der Waals surface area contributed by atoms with Crippen LogP contribution in [0.15, 0.2) is 0 Å². The van der Waals surface area contributed by atoms with Crippen LogP contribution in [0.5, 0.6) is 0 Å². The van der Waals surface area contributed by atoms with Gasteiger partial charge in [0.25, 0.3) is 0 Å².